The number of rotatable bonds is 4. The number of hydrazine groups is 1. The lowest BCUT2D eigenvalue weighted by Gasteiger charge is -2.11. The van der Waals surface area contributed by atoms with Crippen LogP contribution in [0.3, 0.4) is 0 Å². The molecule has 1 unspecified atom stereocenters. The summed E-state index contributed by atoms with van der Waals surface area (Å²) < 4.78 is 5.85. The summed E-state index contributed by atoms with van der Waals surface area (Å²) in [6, 6.07) is 11.0. The predicted molar refractivity (Wildman–Crippen MR) is 74.9 cm³/mol. The fraction of sp³-hybridized carbons (Fsp3) is 0.0667. The number of nitrogens with one attached hydrogen (secondary N) is 2. The van der Waals surface area contributed by atoms with Crippen molar-refractivity contribution in [2.75, 3.05) is 0 Å². The van der Waals surface area contributed by atoms with Crippen LogP contribution in [0.2, 0.25) is 0 Å². The number of hydrogen-bond donors (Lipinski definition) is 2. The first-order valence-corrected chi connectivity index (χ1v) is 6.23. The van der Waals surface area contributed by atoms with E-state index in [0.717, 1.165) is 23.3 Å². The van der Waals surface area contributed by atoms with Gasteiger partial charge in [0.15, 0.2) is 0 Å². The molecule has 1 aliphatic heterocycles. The normalized spacial score (nSPS) is 17.2. The molecule has 0 fully saturated rings. The highest BCUT2D eigenvalue weighted by Crippen LogP contribution is 2.29. The minimum absolute atomic E-state index is 0.338. The van der Waals surface area contributed by atoms with Gasteiger partial charge in [0.1, 0.15) is 23.8 Å². The Balaban J connectivity index is 1.91. The number of ether oxygens (including phenoxy) is 1. The molecule has 0 saturated heterocycles. The molecule has 3 rings (SSSR count). The topological polar surface area (TPSA) is 63.2 Å². The van der Waals surface area contributed by atoms with E-state index >= 15 is 0 Å². The molecule has 1 atom stereocenters. The number of aromatic nitrogens is 1. The van der Waals surface area contributed by atoms with Crippen molar-refractivity contribution in [3.8, 4) is 11.5 Å². The number of para-hydroxylation sites is 1. The van der Waals surface area contributed by atoms with Crippen LogP contribution in [0.1, 0.15) is 5.56 Å². The fourth-order valence-electron chi connectivity index (χ4n) is 1.94. The van der Waals surface area contributed by atoms with Gasteiger partial charge in [0.25, 0.3) is 0 Å². The summed E-state index contributed by atoms with van der Waals surface area (Å²) in [5, 5.41) is 0. The van der Waals surface area contributed by atoms with E-state index in [9.17, 15) is 4.79 Å². The average molecular weight is 267 g/mol. The third kappa shape index (κ3) is 2.53. The van der Waals surface area contributed by atoms with Gasteiger partial charge >= 0.3 is 0 Å². The van der Waals surface area contributed by atoms with E-state index in [4.69, 9.17) is 4.74 Å². The Morgan fingerprint density at radius 2 is 2.05 bits per heavy atom. The highest BCUT2D eigenvalue weighted by Gasteiger charge is 2.18. The minimum Gasteiger partial charge on any atom is -0.457 e. The van der Waals surface area contributed by atoms with Crippen LogP contribution in [0.15, 0.2) is 54.9 Å². The number of carbonyl (C=O) groups is 1. The Morgan fingerprint density at radius 1 is 1.20 bits per heavy atom. The van der Waals surface area contributed by atoms with Crippen LogP contribution in [0.5, 0.6) is 11.5 Å². The molecule has 1 aliphatic rings. The lowest BCUT2D eigenvalue weighted by atomic mass is 10.1. The summed E-state index contributed by atoms with van der Waals surface area (Å²) in [4.78, 5) is 14.9. The number of nitrogens with zero attached hydrogens (tertiary/aromatic N) is 1. The van der Waals surface area contributed by atoms with E-state index in [0.29, 0.717) is 5.75 Å². The summed E-state index contributed by atoms with van der Waals surface area (Å²) in [7, 11) is 0. The van der Waals surface area contributed by atoms with Gasteiger partial charge in [-0.1, -0.05) is 18.2 Å². The average Bonchev–Trinajstić information content (AvgIpc) is 2.98. The standard InChI is InChI=1S/C15H13N3O2/c19-10-11-8-14(18-17-11)13-9-16-7-6-15(13)20-12-4-2-1-3-5-12/h1-11,17-18H. The van der Waals surface area contributed by atoms with Crippen molar-refractivity contribution in [1.29, 1.82) is 0 Å². The van der Waals surface area contributed by atoms with Gasteiger partial charge in [0.05, 0.1) is 11.3 Å². The molecule has 5 nitrogen and oxygen atoms in total. The molecule has 5 heteroatoms. The smallest absolute Gasteiger partial charge is 0.142 e. The number of pyridine rings is 1. The molecule has 20 heavy (non-hydrogen) atoms. The van der Waals surface area contributed by atoms with Crippen molar-refractivity contribution in [1.82, 2.24) is 15.8 Å². The zero-order valence-corrected chi connectivity index (χ0v) is 10.6. The number of benzene rings is 1. The third-order valence-corrected chi connectivity index (χ3v) is 2.91. The van der Waals surface area contributed by atoms with Crippen LogP contribution in [0, 0.1) is 0 Å². The quantitative estimate of drug-likeness (QED) is 0.828. The molecule has 1 aromatic heterocycles. The van der Waals surface area contributed by atoms with Crippen LogP contribution < -0.4 is 15.6 Å². The zero-order chi connectivity index (χ0) is 13.8. The van der Waals surface area contributed by atoms with Crippen LogP contribution in [0.4, 0.5) is 0 Å². The summed E-state index contributed by atoms with van der Waals surface area (Å²) in [5.74, 6) is 1.43. The largest absolute Gasteiger partial charge is 0.457 e. The molecule has 1 aromatic carbocycles. The maximum atomic E-state index is 10.8. The summed E-state index contributed by atoms with van der Waals surface area (Å²) in [6.07, 6.45) is 5.99. The van der Waals surface area contributed by atoms with E-state index < -0.39 is 0 Å². The monoisotopic (exact) mass is 267 g/mol. The molecule has 0 amide bonds. The van der Waals surface area contributed by atoms with Gasteiger partial charge in [-0.25, -0.2) is 5.43 Å². The maximum Gasteiger partial charge on any atom is 0.142 e. The lowest BCUT2D eigenvalue weighted by molar-refractivity contribution is -0.108. The van der Waals surface area contributed by atoms with Crippen molar-refractivity contribution in [2.45, 2.75) is 6.04 Å². The Kier molecular flexibility index (Phi) is 3.43. The molecule has 100 valence electrons. The summed E-state index contributed by atoms with van der Waals surface area (Å²) in [5.41, 5.74) is 7.39. The van der Waals surface area contributed by atoms with Gasteiger partial charge in [-0.3, -0.25) is 4.98 Å². The third-order valence-electron chi connectivity index (χ3n) is 2.91. The number of carbonyl (C=O) groups excluding carboxylic acids is 1. The Morgan fingerprint density at radius 3 is 2.80 bits per heavy atom. The predicted octanol–water partition coefficient (Wildman–Crippen LogP) is 1.89. The molecule has 2 heterocycles. The first-order chi connectivity index (χ1) is 9.86. The highest BCUT2D eigenvalue weighted by molar-refractivity contribution is 5.76. The van der Waals surface area contributed by atoms with Gasteiger partial charge in [0.2, 0.25) is 0 Å². The molecule has 0 bridgehead atoms. The highest BCUT2D eigenvalue weighted by atomic mass is 16.5. The molecule has 0 radical (unpaired) electrons. The van der Waals surface area contributed by atoms with Gasteiger partial charge < -0.3 is 15.0 Å². The molecule has 2 N–H and O–H groups in total. The maximum absolute atomic E-state index is 10.8. The first kappa shape index (κ1) is 12.4. The van der Waals surface area contributed by atoms with Crippen molar-refractivity contribution in [3.05, 3.63) is 60.4 Å². The van der Waals surface area contributed by atoms with E-state index in [1.807, 2.05) is 30.3 Å². The summed E-state index contributed by atoms with van der Waals surface area (Å²) >= 11 is 0. The molecular weight excluding hydrogens is 254 g/mol. The zero-order valence-electron chi connectivity index (χ0n) is 10.6. The Labute approximate surface area is 116 Å². The van der Waals surface area contributed by atoms with Crippen molar-refractivity contribution < 1.29 is 9.53 Å². The van der Waals surface area contributed by atoms with Gasteiger partial charge in [-0.2, -0.15) is 0 Å². The van der Waals surface area contributed by atoms with Gasteiger partial charge in [-0.15, -0.1) is 0 Å². The van der Waals surface area contributed by atoms with E-state index in [1.54, 1.807) is 24.5 Å². The Bertz CT molecular complexity index is 641. The van der Waals surface area contributed by atoms with E-state index in [1.165, 1.54) is 0 Å². The molecule has 0 aliphatic carbocycles. The molecule has 2 aromatic rings. The van der Waals surface area contributed by atoms with E-state index in [-0.39, 0.29) is 6.04 Å². The second-order valence-electron chi connectivity index (χ2n) is 4.30. The van der Waals surface area contributed by atoms with Crippen molar-refractivity contribution in [2.24, 2.45) is 0 Å². The van der Waals surface area contributed by atoms with Crippen LogP contribution >= 0.6 is 0 Å². The molecule has 0 saturated carbocycles. The van der Waals surface area contributed by atoms with Gasteiger partial charge in [-0.05, 0) is 24.3 Å². The lowest BCUT2D eigenvalue weighted by Crippen LogP contribution is -2.32. The van der Waals surface area contributed by atoms with Gasteiger partial charge in [0, 0.05) is 12.4 Å². The SMILES string of the molecule is O=CC1C=C(c2cnccc2Oc2ccccc2)NN1. The van der Waals surface area contributed by atoms with Crippen LogP contribution in [0.25, 0.3) is 5.70 Å². The van der Waals surface area contributed by atoms with Crippen LogP contribution in [-0.4, -0.2) is 17.3 Å². The number of hydrogen-bond acceptors (Lipinski definition) is 5. The number of aldehydes is 1. The van der Waals surface area contributed by atoms with Crippen LogP contribution in [-0.2, 0) is 4.79 Å². The van der Waals surface area contributed by atoms with E-state index in [2.05, 4.69) is 15.8 Å². The van der Waals surface area contributed by atoms with Crippen molar-refractivity contribution >= 4 is 12.0 Å². The minimum atomic E-state index is -0.338. The first-order valence-electron chi connectivity index (χ1n) is 6.23. The molecular formula is C15H13N3O2. The second-order valence-corrected chi connectivity index (χ2v) is 4.30. The summed E-state index contributed by atoms with van der Waals surface area (Å²) in [6.45, 7) is 0. The second kappa shape index (κ2) is 5.54. The molecule has 0 spiro atoms. The van der Waals surface area contributed by atoms with Crippen molar-refractivity contribution in [3.63, 3.8) is 0 Å². The fourth-order valence-corrected chi connectivity index (χ4v) is 1.94. The Hall–Kier alpha value is -2.66.